The molecule has 0 saturated carbocycles. The second-order valence-corrected chi connectivity index (χ2v) is 6.15. The van der Waals surface area contributed by atoms with Crippen molar-refractivity contribution in [3.05, 3.63) is 0 Å². The van der Waals surface area contributed by atoms with Crippen LogP contribution in [0.1, 0.15) is 48.5 Å². The fourth-order valence-corrected chi connectivity index (χ4v) is 1.47. The molecule has 4 heteroatoms. The summed E-state index contributed by atoms with van der Waals surface area (Å²) in [5.41, 5.74) is -0.592. The Balaban J connectivity index is 4.61. The standard InChI is InChI=1S/C12H25NO3/c1-8(16-12(5,6)7)9(10(14)15)13-11(2,3)4/h8-9,13H,1-7H3,(H,14,15)/t8-,9+/m1/s1. The molecule has 0 aliphatic heterocycles. The summed E-state index contributed by atoms with van der Waals surface area (Å²) in [6.07, 6.45) is -0.378. The van der Waals surface area contributed by atoms with E-state index in [0.29, 0.717) is 0 Å². The molecule has 0 amide bonds. The minimum Gasteiger partial charge on any atom is -0.480 e. The maximum Gasteiger partial charge on any atom is 0.323 e. The highest BCUT2D eigenvalue weighted by Gasteiger charge is 2.31. The summed E-state index contributed by atoms with van der Waals surface area (Å²) in [6, 6.07) is -0.695. The molecular weight excluding hydrogens is 206 g/mol. The van der Waals surface area contributed by atoms with Crippen molar-refractivity contribution in [3.8, 4) is 0 Å². The number of hydrogen-bond donors (Lipinski definition) is 2. The second kappa shape index (κ2) is 5.15. The van der Waals surface area contributed by atoms with Crippen molar-refractivity contribution in [1.82, 2.24) is 5.32 Å². The molecule has 0 aliphatic carbocycles. The minimum absolute atomic E-state index is 0.251. The molecule has 0 rings (SSSR count). The van der Waals surface area contributed by atoms with Crippen LogP contribution in [0.2, 0.25) is 0 Å². The SMILES string of the molecule is C[C@@H](OC(C)(C)C)[C@H](NC(C)(C)C)C(=O)O. The average molecular weight is 231 g/mol. The lowest BCUT2D eigenvalue weighted by Crippen LogP contribution is -2.54. The first kappa shape index (κ1) is 15.4. The van der Waals surface area contributed by atoms with E-state index in [0.717, 1.165) is 0 Å². The van der Waals surface area contributed by atoms with Gasteiger partial charge in [0.15, 0.2) is 0 Å². The lowest BCUT2D eigenvalue weighted by atomic mass is 10.0. The molecule has 0 aliphatic rings. The monoisotopic (exact) mass is 231 g/mol. The number of ether oxygens (including phenoxy) is 1. The third kappa shape index (κ3) is 6.80. The van der Waals surface area contributed by atoms with Crippen molar-refractivity contribution in [2.45, 2.75) is 71.8 Å². The highest BCUT2D eigenvalue weighted by Crippen LogP contribution is 2.15. The van der Waals surface area contributed by atoms with Gasteiger partial charge in [0.05, 0.1) is 11.7 Å². The molecule has 0 spiro atoms. The van der Waals surface area contributed by atoms with Gasteiger partial charge in [0, 0.05) is 5.54 Å². The van der Waals surface area contributed by atoms with Gasteiger partial charge in [-0.05, 0) is 48.5 Å². The summed E-state index contributed by atoms with van der Waals surface area (Å²) in [6.45, 7) is 13.3. The largest absolute Gasteiger partial charge is 0.480 e. The third-order valence-corrected chi connectivity index (χ3v) is 1.86. The van der Waals surface area contributed by atoms with Crippen LogP contribution in [0.25, 0.3) is 0 Å². The first-order valence-corrected chi connectivity index (χ1v) is 5.61. The van der Waals surface area contributed by atoms with Gasteiger partial charge in [0.2, 0.25) is 0 Å². The van der Waals surface area contributed by atoms with Crippen LogP contribution in [0.15, 0.2) is 0 Å². The quantitative estimate of drug-likeness (QED) is 0.777. The Morgan fingerprint density at radius 3 is 1.88 bits per heavy atom. The van der Waals surface area contributed by atoms with E-state index in [1.165, 1.54) is 0 Å². The van der Waals surface area contributed by atoms with Crippen molar-refractivity contribution < 1.29 is 14.6 Å². The fraction of sp³-hybridized carbons (Fsp3) is 0.917. The normalized spacial score (nSPS) is 16.9. The molecule has 2 atom stereocenters. The molecule has 96 valence electrons. The topological polar surface area (TPSA) is 58.6 Å². The van der Waals surface area contributed by atoms with Crippen LogP contribution < -0.4 is 5.32 Å². The van der Waals surface area contributed by atoms with Crippen LogP contribution in [0, 0.1) is 0 Å². The molecule has 0 radical (unpaired) electrons. The molecule has 0 bridgehead atoms. The van der Waals surface area contributed by atoms with Crippen LogP contribution in [0.5, 0.6) is 0 Å². The van der Waals surface area contributed by atoms with Gasteiger partial charge in [-0.2, -0.15) is 0 Å². The van der Waals surface area contributed by atoms with E-state index >= 15 is 0 Å². The van der Waals surface area contributed by atoms with Crippen molar-refractivity contribution >= 4 is 5.97 Å². The Labute approximate surface area is 98.4 Å². The molecule has 0 unspecified atom stereocenters. The third-order valence-electron chi connectivity index (χ3n) is 1.86. The summed E-state index contributed by atoms with van der Waals surface area (Å²) in [5.74, 6) is -0.883. The lowest BCUT2D eigenvalue weighted by Gasteiger charge is -2.33. The zero-order valence-electron chi connectivity index (χ0n) is 11.4. The molecule has 0 fully saturated rings. The molecule has 2 N–H and O–H groups in total. The van der Waals surface area contributed by atoms with Crippen LogP contribution in [0.3, 0.4) is 0 Å². The molecule has 0 aromatic heterocycles. The lowest BCUT2D eigenvalue weighted by molar-refractivity contribution is -0.148. The summed E-state index contributed by atoms with van der Waals surface area (Å²) < 4.78 is 5.66. The molecule has 0 aromatic carbocycles. The number of nitrogens with one attached hydrogen (secondary N) is 1. The van der Waals surface area contributed by atoms with Gasteiger partial charge >= 0.3 is 5.97 Å². The van der Waals surface area contributed by atoms with Gasteiger partial charge in [-0.15, -0.1) is 0 Å². The Bertz CT molecular complexity index is 238. The van der Waals surface area contributed by atoms with E-state index in [9.17, 15) is 4.79 Å². The fourth-order valence-electron chi connectivity index (χ4n) is 1.47. The predicted molar refractivity (Wildman–Crippen MR) is 64.6 cm³/mol. The van der Waals surface area contributed by atoms with E-state index in [2.05, 4.69) is 5.32 Å². The summed E-state index contributed by atoms with van der Waals surface area (Å²) in [4.78, 5) is 11.2. The van der Waals surface area contributed by atoms with Crippen LogP contribution in [-0.2, 0) is 9.53 Å². The first-order valence-electron chi connectivity index (χ1n) is 5.61. The maximum atomic E-state index is 11.2. The van der Waals surface area contributed by atoms with Gasteiger partial charge in [-0.1, -0.05) is 0 Å². The van der Waals surface area contributed by atoms with E-state index in [4.69, 9.17) is 9.84 Å². The van der Waals surface area contributed by atoms with Crippen LogP contribution in [-0.4, -0.2) is 34.4 Å². The highest BCUT2D eigenvalue weighted by atomic mass is 16.5. The van der Waals surface area contributed by atoms with E-state index in [1.807, 2.05) is 41.5 Å². The van der Waals surface area contributed by atoms with Crippen molar-refractivity contribution in [1.29, 1.82) is 0 Å². The number of carbonyl (C=O) groups is 1. The van der Waals surface area contributed by atoms with Gasteiger partial charge in [0.1, 0.15) is 6.04 Å². The Morgan fingerprint density at radius 1 is 1.19 bits per heavy atom. The number of carboxylic acid groups (broad SMARTS) is 1. The van der Waals surface area contributed by atoms with Gasteiger partial charge in [0.25, 0.3) is 0 Å². The van der Waals surface area contributed by atoms with Gasteiger partial charge in [-0.3, -0.25) is 10.1 Å². The number of carboxylic acids is 1. The second-order valence-electron chi connectivity index (χ2n) is 6.15. The number of aliphatic carboxylic acids is 1. The first-order chi connectivity index (χ1) is 6.92. The van der Waals surface area contributed by atoms with Crippen molar-refractivity contribution in [2.75, 3.05) is 0 Å². The minimum atomic E-state index is -0.883. The summed E-state index contributed by atoms with van der Waals surface area (Å²) >= 11 is 0. The molecule has 16 heavy (non-hydrogen) atoms. The molecule has 0 heterocycles. The maximum absolute atomic E-state index is 11.2. The van der Waals surface area contributed by atoms with E-state index in [-0.39, 0.29) is 17.2 Å². The molecule has 4 nitrogen and oxygen atoms in total. The smallest absolute Gasteiger partial charge is 0.323 e. The van der Waals surface area contributed by atoms with Crippen molar-refractivity contribution in [2.24, 2.45) is 0 Å². The van der Waals surface area contributed by atoms with E-state index in [1.54, 1.807) is 6.92 Å². The Hall–Kier alpha value is -0.610. The van der Waals surface area contributed by atoms with Gasteiger partial charge < -0.3 is 9.84 Å². The van der Waals surface area contributed by atoms with E-state index < -0.39 is 12.0 Å². The molecular formula is C12H25NO3. The van der Waals surface area contributed by atoms with Crippen molar-refractivity contribution in [3.63, 3.8) is 0 Å². The Kier molecular flexibility index (Phi) is 4.95. The number of hydrogen-bond acceptors (Lipinski definition) is 3. The summed E-state index contributed by atoms with van der Waals surface area (Å²) in [5, 5.41) is 12.2. The zero-order chi connectivity index (χ0) is 13.1. The summed E-state index contributed by atoms with van der Waals surface area (Å²) in [7, 11) is 0. The van der Waals surface area contributed by atoms with Crippen LogP contribution in [0.4, 0.5) is 0 Å². The highest BCUT2D eigenvalue weighted by molar-refractivity contribution is 5.74. The number of rotatable bonds is 4. The zero-order valence-corrected chi connectivity index (χ0v) is 11.4. The molecule has 0 aromatic rings. The predicted octanol–water partition coefficient (Wildman–Crippen LogP) is 2.03. The van der Waals surface area contributed by atoms with Gasteiger partial charge in [-0.25, -0.2) is 0 Å². The van der Waals surface area contributed by atoms with Crippen LogP contribution >= 0.6 is 0 Å². The molecule has 0 saturated heterocycles. The average Bonchev–Trinajstić information content (AvgIpc) is 1.94. The Morgan fingerprint density at radius 2 is 1.62 bits per heavy atom.